The number of thiazole rings is 1. The van der Waals surface area contributed by atoms with Gasteiger partial charge in [0, 0.05) is 19.0 Å². The molecule has 0 spiro atoms. The number of nitrogens with zero attached hydrogens (tertiary/aromatic N) is 2. The molecule has 0 unspecified atom stereocenters. The van der Waals surface area contributed by atoms with Crippen LogP contribution in [0.2, 0.25) is 0 Å². The van der Waals surface area contributed by atoms with Gasteiger partial charge in [0.05, 0.1) is 15.2 Å². The van der Waals surface area contributed by atoms with E-state index < -0.39 is 0 Å². The van der Waals surface area contributed by atoms with Crippen molar-refractivity contribution in [3.63, 3.8) is 0 Å². The first kappa shape index (κ1) is 18.9. The predicted molar refractivity (Wildman–Crippen MR) is 117 cm³/mol. The number of piperidine rings is 1. The van der Waals surface area contributed by atoms with Gasteiger partial charge in [-0.25, -0.2) is 4.98 Å². The van der Waals surface area contributed by atoms with Crippen LogP contribution < -0.4 is 4.74 Å². The lowest BCUT2D eigenvalue weighted by molar-refractivity contribution is 0.0671. The summed E-state index contributed by atoms with van der Waals surface area (Å²) in [6.07, 6.45) is 2.02. The summed E-state index contributed by atoms with van der Waals surface area (Å²) in [5.74, 6) is 1.99. The predicted octanol–water partition coefficient (Wildman–Crippen LogP) is 5.49. The van der Waals surface area contributed by atoms with Crippen molar-refractivity contribution in [2.75, 3.05) is 13.1 Å². The highest BCUT2D eigenvalue weighted by Gasteiger charge is 2.29. The second kappa shape index (κ2) is 8.32. The number of furan rings is 1. The second-order valence-corrected chi connectivity index (χ2v) is 8.54. The van der Waals surface area contributed by atoms with Gasteiger partial charge in [0.15, 0.2) is 5.76 Å². The van der Waals surface area contributed by atoms with E-state index in [1.165, 1.54) is 4.70 Å². The summed E-state index contributed by atoms with van der Waals surface area (Å²) in [5.41, 5.74) is 1.04. The van der Waals surface area contributed by atoms with Crippen molar-refractivity contribution in [1.82, 2.24) is 9.88 Å². The molecule has 2 aromatic carbocycles. The maximum absolute atomic E-state index is 13.0. The molecule has 1 saturated heterocycles. The topological polar surface area (TPSA) is 55.6 Å². The average molecular weight is 419 g/mol. The number of fused-ring (bicyclic) bond motifs is 1. The second-order valence-electron chi connectivity index (χ2n) is 7.48. The zero-order valence-corrected chi connectivity index (χ0v) is 17.3. The molecule has 0 radical (unpaired) electrons. The number of carbonyl (C=O) groups excluding carboxylic acids is 1. The lowest BCUT2D eigenvalue weighted by Crippen LogP contribution is -2.38. The number of para-hydroxylation sites is 2. The molecule has 152 valence electrons. The van der Waals surface area contributed by atoms with E-state index in [0.29, 0.717) is 24.7 Å². The summed E-state index contributed by atoms with van der Waals surface area (Å²) in [4.78, 5) is 19.7. The summed E-state index contributed by atoms with van der Waals surface area (Å²) in [7, 11) is 0. The number of rotatable bonds is 5. The minimum atomic E-state index is -0.0632. The van der Waals surface area contributed by atoms with Crippen LogP contribution in [0.5, 0.6) is 5.75 Å². The molecule has 6 heteroatoms. The third-order valence-electron chi connectivity index (χ3n) is 5.37. The van der Waals surface area contributed by atoms with E-state index >= 15 is 0 Å². The first-order valence-electron chi connectivity index (χ1n) is 10.2. The number of benzene rings is 2. The quantitative estimate of drug-likeness (QED) is 0.430. The molecule has 1 atom stereocenters. The van der Waals surface area contributed by atoms with Crippen LogP contribution in [0.1, 0.15) is 40.1 Å². The molecule has 5 rings (SSSR count). The van der Waals surface area contributed by atoms with Crippen molar-refractivity contribution >= 4 is 27.5 Å². The van der Waals surface area contributed by atoms with Crippen molar-refractivity contribution in [3.05, 3.63) is 83.3 Å². The Hall–Kier alpha value is -3.12. The maximum atomic E-state index is 13.0. The van der Waals surface area contributed by atoms with Crippen LogP contribution in [0, 0.1) is 0 Å². The molecule has 30 heavy (non-hydrogen) atoms. The van der Waals surface area contributed by atoms with Crippen molar-refractivity contribution in [2.24, 2.45) is 0 Å². The number of hydrogen-bond donors (Lipinski definition) is 0. The lowest BCUT2D eigenvalue weighted by Gasteiger charge is -2.31. The van der Waals surface area contributed by atoms with Crippen LogP contribution in [0.4, 0.5) is 0 Å². The molecular formula is C24H22N2O3S. The van der Waals surface area contributed by atoms with E-state index in [1.807, 2.05) is 59.5 Å². The van der Waals surface area contributed by atoms with Gasteiger partial charge in [-0.2, -0.15) is 0 Å². The molecule has 1 aliphatic heterocycles. The average Bonchev–Trinajstić information content (AvgIpc) is 3.45. The molecule has 0 aliphatic carbocycles. The van der Waals surface area contributed by atoms with E-state index in [4.69, 9.17) is 14.1 Å². The Morgan fingerprint density at radius 1 is 1.10 bits per heavy atom. The van der Waals surface area contributed by atoms with Gasteiger partial charge >= 0.3 is 0 Å². The molecule has 1 fully saturated rings. The van der Waals surface area contributed by atoms with Crippen molar-refractivity contribution < 1.29 is 13.9 Å². The molecule has 3 heterocycles. The van der Waals surface area contributed by atoms with Gasteiger partial charge in [-0.05, 0) is 49.2 Å². The fourth-order valence-corrected chi connectivity index (χ4v) is 4.92. The number of aromatic nitrogens is 1. The van der Waals surface area contributed by atoms with Crippen LogP contribution >= 0.6 is 11.3 Å². The Labute approximate surface area is 178 Å². The number of ether oxygens (including phenoxy) is 1. The van der Waals surface area contributed by atoms with Crippen molar-refractivity contribution in [3.8, 4) is 5.75 Å². The Balaban J connectivity index is 1.25. The molecule has 5 nitrogen and oxygen atoms in total. The molecule has 2 aromatic heterocycles. The summed E-state index contributed by atoms with van der Waals surface area (Å²) in [5, 5.41) is 1.12. The number of likely N-dealkylation sites (tertiary alicyclic amines) is 1. The fraction of sp³-hybridized carbons (Fsp3) is 0.250. The molecule has 1 amide bonds. The smallest absolute Gasteiger partial charge is 0.289 e. The monoisotopic (exact) mass is 418 g/mol. The summed E-state index contributed by atoms with van der Waals surface area (Å²) in [6, 6.07) is 21.3. The van der Waals surface area contributed by atoms with Crippen LogP contribution in [-0.4, -0.2) is 28.9 Å². The first-order chi connectivity index (χ1) is 14.8. The Morgan fingerprint density at radius 3 is 2.80 bits per heavy atom. The minimum absolute atomic E-state index is 0.0632. The van der Waals surface area contributed by atoms with E-state index in [1.54, 1.807) is 17.4 Å². The van der Waals surface area contributed by atoms with Crippen LogP contribution in [0.15, 0.2) is 71.1 Å². The number of carbonyl (C=O) groups is 1. The van der Waals surface area contributed by atoms with E-state index in [-0.39, 0.29) is 11.8 Å². The highest BCUT2D eigenvalue weighted by molar-refractivity contribution is 7.18. The lowest BCUT2D eigenvalue weighted by atomic mass is 9.98. The van der Waals surface area contributed by atoms with Gasteiger partial charge in [0.25, 0.3) is 5.91 Å². The Morgan fingerprint density at radius 2 is 1.93 bits per heavy atom. The minimum Gasteiger partial charge on any atom is -0.486 e. The first-order valence-corrected chi connectivity index (χ1v) is 11.0. The molecule has 0 N–H and O–H groups in total. The SMILES string of the molecule is O=C(c1ccc(COc2ccccc2)o1)N1CCC[C@@H](c2nc3ccccc3s2)C1. The van der Waals surface area contributed by atoms with Gasteiger partial charge in [0.1, 0.15) is 18.1 Å². The summed E-state index contributed by atoms with van der Waals surface area (Å²) < 4.78 is 12.7. The Bertz CT molecular complexity index is 1120. The normalized spacial score (nSPS) is 16.7. The fourth-order valence-electron chi connectivity index (χ4n) is 3.83. The summed E-state index contributed by atoms with van der Waals surface area (Å²) >= 11 is 1.73. The molecule has 0 saturated carbocycles. The van der Waals surface area contributed by atoms with E-state index in [0.717, 1.165) is 35.7 Å². The van der Waals surface area contributed by atoms with Crippen molar-refractivity contribution in [2.45, 2.75) is 25.4 Å². The molecule has 1 aliphatic rings. The van der Waals surface area contributed by atoms with Gasteiger partial charge in [-0.15, -0.1) is 11.3 Å². The van der Waals surface area contributed by atoms with Crippen LogP contribution in [-0.2, 0) is 6.61 Å². The largest absolute Gasteiger partial charge is 0.486 e. The van der Waals surface area contributed by atoms with Gasteiger partial charge < -0.3 is 14.1 Å². The van der Waals surface area contributed by atoms with Gasteiger partial charge in [-0.1, -0.05) is 30.3 Å². The third-order valence-corrected chi connectivity index (χ3v) is 6.56. The Kier molecular flexibility index (Phi) is 5.24. The van der Waals surface area contributed by atoms with Crippen molar-refractivity contribution in [1.29, 1.82) is 0 Å². The maximum Gasteiger partial charge on any atom is 0.289 e. The summed E-state index contributed by atoms with van der Waals surface area (Å²) in [6.45, 7) is 1.72. The zero-order chi connectivity index (χ0) is 20.3. The van der Waals surface area contributed by atoms with Gasteiger partial charge in [0.2, 0.25) is 0 Å². The van der Waals surface area contributed by atoms with Crippen LogP contribution in [0.25, 0.3) is 10.2 Å². The van der Waals surface area contributed by atoms with E-state index in [2.05, 4.69) is 6.07 Å². The van der Waals surface area contributed by atoms with Crippen LogP contribution in [0.3, 0.4) is 0 Å². The highest BCUT2D eigenvalue weighted by Crippen LogP contribution is 2.33. The standard InChI is InChI=1S/C24H22N2O3S/c27-24(21-13-12-19(29-21)16-28-18-8-2-1-3-9-18)26-14-6-7-17(15-26)23-25-20-10-4-5-11-22(20)30-23/h1-5,8-13,17H,6-7,14-16H2/t17-/m1/s1. The molecular weight excluding hydrogens is 396 g/mol. The zero-order valence-electron chi connectivity index (χ0n) is 16.5. The molecule has 0 bridgehead atoms. The third kappa shape index (κ3) is 3.96. The number of hydrogen-bond acceptors (Lipinski definition) is 5. The number of amides is 1. The van der Waals surface area contributed by atoms with Gasteiger partial charge in [-0.3, -0.25) is 4.79 Å². The molecule has 4 aromatic rings. The highest BCUT2D eigenvalue weighted by atomic mass is 32.1. The van der Waals surface area contributed by atoms with E-state index in [9.17, 15) is 4.79 Å².